The third-order valence-corrected chi connectivity index (χ3v) is 5.09. The summed E-state index contributed by atoms with van der Waals surface area (Å²) in [5.74, 6) is -3.09. The maximum atomic E-state index is 12.4. The van der Waals surface area contributed by atoms with Gasteiger partial charge in [-0.05, 0) is 12.8 Å². The van der Waals surface area contributed by atoms with Crippen LogP contribution in [0, 0.1) is 5.92 Å². The molecule has 0 radical (unpaired) electrons. The summed E-state index contributed by atoms with van der Waals surface area (Å²) in [6.45, 7) is 5.14. The Balaban J connectivity index is 2.65. The standard InChI is InChI=1S/C18H30N6O5S/c1-4-9(2)14(19)17(27)24-13(7-30)16(26)22-10(3)15(25)23-12(18(28)29)5-11-6-20-8-21-11/h6,8-10,12-14,30H,4-5,7,19H2,1-3H3,(H,20,21)(H,22,26)(H,23,25)(H,24,27)(H,28,29). The van der Waals surface area contributed by atoms with Gasteiger partial charge in [0.25, 0.3) is 0 Å². The Morgan fingerprint density at radius 2 is 1.77 bits per heavy atom. The van der Waals surface area contributed by atoms with Crippen molar-refractivity contribution in [2.75, 3.05) is 5.75 Å². The predicted molar refractivity (Wildman–Crippen MR) is 113 cm³/mol. The number of nitrogens with zero attached hydrogens (tertiary/aromatic N) is 1. The minimum absolute atomic E-state index is 0.00326. The molecule has 3 amide bonds. The zero-order valence-electron chi connectivity index (χ0n) is 17.2. The highest BCUT2D eigenvalue weighted by molar-refractivity contribution is 7.80. The Kier molecular flexibility index (Phi) is 10.3. The Morgan fingerprint density at radius 1 is 1.13 bits per heavy atom. The molecule has 12 heteroatoms. The van der Waals surface area contributed by atoms with Gasteiger partial charge < -0.3 is 31.8 Å². The Bertz CT molecular complexity index is 729. The molecule has 0 spiro atoms. The molecule has 0 saturated carbocycles. The first-order valence-corrected chi connectivity index (χ1v) is 10.2. The second-order valence-corrected chi connectivity index (χ2v) is 7.43. The molecule has 1 aromatic rings. The van der Waals surface area contributed by atoms with Crippen molar-refractivity contribution in [1.29, 1.82) is 0 Å². The van der Waals surface area contributed by atoms with Crippen molar-refractivity contribution >= 4 is 36.3 Å². The third-order valence-electron chi connectivity index (χ3n) is 4.72. The van der Waals surface area contributed by atoms with Crippen LogP contribution in [0.15, 0.2) is 12.5 Å². The summed E-state index contributed by atoms with van der Waals surface area (Å²) in [5.41, 5.74) is 6.40. The molecule has 1 aromatic heterocycles. The molecule has 1 heterocycles. The number of aromatic amines is 1. The van der Waals surface area contributed by atoms with Gasteiger partial charge in [0.05, 0.1) is 12.4 Å². The average molecular weight is 443 g/mol. The van der Waals surface area contributed by atoms with Crippen LogP contribution in [0.1, 0.15) is 32.9 Å². The van der Waals surface area contributed by atoms with E-state index in [9.17, 15) is 24.3 Å². The number of aliphatic carboxylic acids is 1. The molecule has 0 aliphatic carbocycles. The highest BCUT2D eigenvalue weighted by Crippen LogP contribution is 2.06. The largest absolute Gasteiger partial charge is 0.480 e. The smallest absolute Gasteiger partial charge is 0.326 e. The first kappa shape index (κ1) is 25.4. The van der Waals surface area contributed by atoms with Crippen LogP contribution >= 0.6 is 12.6 Å². The molecule has 5 unspecified atom stereocenters. The van der Waals surface area contributed by atoms with E-state index in [-0.39, 0.29) is 18.1 Å². The Hall–Kier alpha value is -2.60. The maximum absolute atomic E-state index is 12.4. The van der Waals surface area contributed by atoms with Gasteiger partial charge in [0.1, 0.15) is 18.1 Å². The van der Waals surface area contributed by atoms with Gasteiger partial charge in [-0.3, -0.25) is 14.4 Å². The number of nitrogens with two attached hydrogens (primary N) is 1. The van der Waals surface area contributed by atoms with Gasteiger partial charge >= 0.3 is 5.97 Å². The number of carbonyl (C=O) groups excluding carboxylic acids is 3. The molecule has 0 fully saturated rings. The molecule has 1 rings (SSSR count). The number of hydrogen-bond donors (Lipinski definition) is 7. The summed E-state index contributed by atoms with van der Waals surface area (Å²) in [5, 5.41) is 16.7. The minimum atomic E-state index is -1.23. The van der Waals surface area contributed by atoms with Crippen molar-refractivity contribution < 1.29 is 24.3 Å². The molecule has 0 saturated heterocycles. The molecule has 0 aliphatic heterocycles. The van der Waals surface area contributed by atoms with Crippen LogP contribution in [0.2, 0.25) is 0 Å². The van der Waals surface area contributed by atoms with Crippen molar-refractivity contribution in [2.45, 2.75) is 57.8 Å². The van der Waals surface area contributed by atoms with E-state index in [0.717, 1.165) is 0 Å². The van der Waals surface area contributed by atoms with E-state index in [1.165, 1.54) is 19.4 Å². The van der Waals surface area contributed by atoms with Crippen molar-refractivity contribution in [2.24, 2.45) is 11.7 Å². The number of carboxylic acid groups (broad SMARTS) is 1. The summed E-state index contributed by atoms with van der Waals surface area (Å²) < 4.78 is 0. The van der Waals surface area contributed by atoms with E-state index in [1.54, 1.807) is 0 Å². The van der Waals surface area contributed by atoms with E-state index >= 15 is 0 Å². The number of aromatic nitrogens is 2. The van der Waals surface area contributed by atoms with Crippen LogP contribution in [-0.2, 0) is 25.6 Å². The van der Waals surface area contributed by atoms with Crippen LogP contribution < -0.4 is 21.7 Å². The van der Waals surface area contributed by atoms with Gasteiger partial charge in [-0.15, -0.1) is 0 Å². The Labute approximate surface area is 180 Å². The van der Waals surface area contributed by atoms with Crippen LogP contribution in [-0.4, -0.2) is 68.7 Å². The summed E-state index contributed by atoms with van der Waals surface area (Å²) in [6.07, 6.45) is 3.56. The summed E-state index contributed by atoms with van der Waals surface area (Å²) in [4.78, 5) is 55.0. The van der Waals surface area contributed by atoms with Crippen molar-refractivity contribution in [3.63, 3.8) is 0 Å². The minimum Gasteiger partial charge on any atom is -0.480 e. The first-order chi connectivity index (χ1) is 14.1. The van der Waals surface area contributed by atoms with E-state index < -0.39 is 47.9 Å². The molecular formula is C18H30N6O5S. The van der Waals surface area contributed by atoms with E-state index in [1.807, 2.05) is 13.8 Å². The second kappa shape index (κ2) is 12.2. The van der Waals surface area contributed by atoms with Gasteiger partial charge in [0.15, 0.2) is 0 Å². The van der Waals surface area contributed by atoms with Crippen molar-refractivity contribution in [3.8, 4) is 0 Å². The molecule has 0 bridgehead atoms. The van der Waals surface area contributed by atoms with E-state index in [2.05, 4.69) is 38.5 Å². The van der Waals surface area contributed by atoms with Crippen molar-refractivity contribution in [3.05, 3.63) is 18.2 Å². The zero-order chi connectivity index (χ0) is 22.8. The summed E-state index contributed by atoms with van der Waals surface area (Å²) in [6, 6.07) is -4.01. The molecule has 0 aromatic carbocycles. The number of hydrogen-bond acceptors (Lipinski definition) is 7. The molecule has 7 N–H and O–H groups in total. The maximum Gasteiger partial charge on any atom is 0.326 e. The number of thiol groups is 1. The molecule has 30 heavy (non-hydrogen) atoms. The number of nitrogens with one attached hydrogen (secondary N) is 4. The number of amides is 3. The van der Waals surface area contributed by atoms with Gasteiger partial charge in [0.2, 0.25) is 17.7 Å². The third kappa shape index (κ3) is 7.67. The number of rotatable bonds is 12. The lowest BCUT2D eigenvalue weighted by atomic mass is 9.99. The van der Waals surface area contributed by atoms with Crippen LogP contribution in [0.25, 0.3) is 0 Å². The van der Waals surface area contributed by atoms with Crippen LogP contribution in [0.5, 0.6) is 0 Å². The quantitative estimate of drug-likeness (QED) is 0.199. The van der Waals surface area contributed by atoms with Gasteiger partial charge in [-0.1, -0.05) is 20.3 Å². The lowest BCUT2D eigenvalue weighted by molar-refractivity contribution is -0.142. The SMILES string of the molecule is CCC(C)C(N)C(=O)NC(CS)C(=O)NC(C)C(=O)NC(Cc1cnc[nH]1)C(=O)O. The van der Waals surface area contributed by atoms with E-state index in [0.29, 0.717) is 12.1 Å². The van der Waals surface area contributed by atoms with Gasteiger partial charge in [-0.25, -0.2) is 9.78 Å². The average Bonchev–Trinajstić information content (AvgIpc) is 3.22. The fraction of sp³-hybridized carbons (Fsp3) is 0.611. The van der Waals surface area contributed by atoms with Gasteiger partial charge in [0, 0.05) is 24.1 Å². The molecule has 0 aliphatic rings. The highest BCUT2D eigenvalue weighted by Gasteiger charge is 2.28. The number of H-pyrrole nitrogens is 1. The predicted octanol–water partition coefficient (Wildman–Crippen LogP) is -1.19. The van der Waals surface area contributed by atoms with Crippen LogP contribution in [0.3, 0.4) is 0 Å². The van der Waals surface area contributed by atoms with Gasteiger partial charge in [-0.2, -0.15) is 12.6 Å². The topological polar surface area (TPSA) is 179 Å². The molecule has 168 valence electrons. The number of carbonyl (C=O) groups is 4. The molecule has 11 nitrogen and oxygen atoms in total. The second-order valence-electron chi connectivity index (χ2n) is 7.07. The normalized spacial score (nSPS) is 15.9. The number of carboxylic acids is 1. The molecular weight excluding hydrogens is 412 g/mol. The zero-order valence-corrected chi connectivity index (χ0v) is 18.1. The Morgan fingerprint density at radius 3 is 2.27 bits per heavy atom. The van der Waals surface area contributed by atoms with E-state index in [4.69, 9.17) is 5.73 Å². The lowest BCUT2D eigenvalue weighted by Crippen LogP contribution is -2.57. The fourth-order valence-electron chi connectivity index (χ4n) is 2.47. The summed E-state index contributed by atoms with van der Waals surface area (Å²) >= 11 is 4.07. The highest BCUT2D eigenvalue weighted by atomic mass is 32.1. The van der Waals surface area contributed by atoms with Crippen molar-refractivity contribution in [1.82, 2.24) is 25.9 Å². The molecule has 5 atom stereocenters. The monoisotopic (exact) mass is 442 g/mol. The van der Waals surface area contributed by atoms with Crippen LogP contribution in [0.4, 0.5) is 0 Å². The lowest BCUT2D eigenvalue weighted by Gasteiger charge is -2.24. The first-order valence-electron chi connectivity index (χ1n) is 9.58. The fourth-order valence-corrected chi connectivity index (χ4v) is 2.72. The number of imidazole rings is 1. The summed E-state index contributed by atoms with van der Waals surface area (Å²) in [7, 11) is 0.